The number of unbranched alkanes of at least 4 members (excludes halogenated alkanes) is 1. The number of aromatic hydroxyl groups is 1. The van der Waals surface area contributed by atoms with Crippen LogP contribution < -0.4 is 4.74 Å². The zero-order valence-electron chi connectivity index (χ0n) is 7.59. The maximum absolute atomic E-state index is 9.24. The second kappa shape index (κ2) is 5.12. The van der Waals surface area contributed by atoms with Crippen LogP contribution in [0.5, 0.6) is 11.5 Å². The van der Waals surface area contributed by atoms with E-state index in [0.29, 0.717) is 12.4 Å². The topological polar surface area (TPSA) is 29.5 Å². The lowest BCUT2D eigenvalue weighted by Crippen LogP contribution is -1.95. The van der Waals surface area contributed by atoms with Gasteiger partial charge in [0.25, 0.3) is 0 Å². The Labute approximate surface area is 86.7 Å². The van der Waals surface area contributed by atoms with Crippen molar-refractivity contribution in [3.8, 4) is 11.5 Å². The lowest BCUT2D eigenvalue weighted by Gasteiger charge is -2.05. The summed E-state index contributed by atoms with van der Waals surface area (Å²) in [4.78, 5) is 0. The molecule has 0 atom stereocenters. The van der Waals surface area contributed by atoms with Gasteiger partial charge in [-0.05, 0) is 18.6 Å². The monoisotopic (exact) mass is 244 g/mol. The van der Waals surface area contributed by atoms with E-state index in [-0.39, 0.29) is 5.75 Å². The van der Waals surface area contributed by atoms with Gasteiger partial charge < -0.3 is 9.84 Å². The van der Waals surface area contributed by atoms with E-state index < -0.39 is 0 Å². The third-order valence-corrected chi connectivity index (χ3v) is 2.08. The van der Waals surface area contributed by atoms with Gasteiger partial charge in [0.15, 0.2) is 0 Å². The fourth-order valence-corrected chi connectivity index (χ4v) is 1.43. The van der Waals surface area contributed by atoms with Gasteiger partial charge in [-0.1, -0.05) is 29.3 Å². The summed E-state index contributed by atoms with van der Waals surface area (Å²) in [5, 5.41) is 9.24. The van der Waals surface area contributed by atoms with Gasteiger partial charge in [-0.2, -0.15) is 0 Å². The number of phenols is 1. The fraction of sp³-hybridized carbons (Fsp3) is 0.400. The number of phenolic OH excluding ortho intramolecular Hbond substituents is 1. The average Bonchev–Trinajstić information content (AvgIpc) is 2.03. The molecule has 0 spiro atoms. The third kappa shape index (κ3) is 3.68. The Morgan fingerprint density at radius 1 is 1.38 bits per heavy atom. The molecule has 1 aromatic rings. The van der Waals surface area contributed by atoms with Gasteiger partial charge in [-0.3, -0.25) is 0 Å². The summed E-state index contributed by atoms with van der Waals surface area (Å²) in [5.41, 5.74) is 0. The van der Waals surface area contributed by atoms with Gasteiger partial charge in [-0.15, -0.1) is 0 Å². The number of halogens is 1. The number of benzene rings is 1. The van der Waals surface area contributed by atoms with Crippen LogP contribution in [0.1, 0.15) is 19.8 Å². The molecule has 0 aliphatic heterocycles. The van der Waals surface area contributed by atoms with Crippen molar-refractivity contribution in [1.29, 1.82) is 0 Å². The van der Waals surface area contributed by atoms with Crippen molar-refractivity contribution < 1.29 is 9.84 Å². The van der Waals surface area contributed by atoms with Crippen molar-refractivity contribution in [3.05, 3.63) is 22.7 Å². The van der Waals surface area contributed by atoms with Crippen molar-refractivity contribution in [2.75, 3.05) is 6.61 Å². The van der Waals surface area contributed by atoms with Crippen LogP contribution in [0.3, 0.4) is 0 Å². The normalized spacial score (nSPS) is 10.0. The van der Waals surface area contributed by atoms with E-state index >= 15 is 0 Å². The minimum absolute atomic E-state index is 0.223. The third-order valence-electron chi connectivity index (χ3n) is 1.62. The smallest absolute Gasteiger partial charge is 0.124 e. The highest BCUT2D eigenvalue weighted by Gasteiger charge is 1.98. The van der Waals surface area contributed by atoms with Gasteiger partial charge >= 0.3 is 0 Å². The highest BCUT2D eigenvalue weighted by molar-refractivity contribution is 9.10. The molecule has 0 fully saturated rings. The second-order valence-corrected chi connectivity index (χ2v) is 3.76. The molecule has 3 heteroatoms. The summed E-state index contributed by atoms with van der Waals surface area (Å²) in [6, 6.07) is 5.09. The Morgan fingerprint density at radius 3 is 2.77 bits per heavy atom. The number of hydrogen-bond donors (Lipinski definition) is 1. The lowest BCUT2D eigenvalue weighted by atomic mass is 10.3. The molecule has 1 aromatic carbocycles. The van der Waals surface area contributed by atoms with Crippen molar-refractivity contribution in [2.45, 2.75) is 19.8 Å². The molecule has 2 nitrogen and oxygen atoms in total. The van der Waals surface area contributed by atoms with Crippen molar-refractivity contribution in [1.82, 2.24) is 0 Å². The number of rotatable bonds is 4. The molecule has 0 unspecified atom stereocenters. The number of hydrogen-bond acceptors (Lipinski definition) is 2. The van der Waals surface area contributed by atoms with Crippen LogP contribution >= 0.6 is 15.9 Å². The van der Waals surface area contributed by atoms with Crippen LogP contribution in [-0.4, -0.2) is 11.7 Å². The van der Waals surface area contributed by atoms with E-state index in [0.717, 1.165) is 17.3 Å². The van der Waals surface area contributed by atoms with Crippen LogP contribution in [0.25, 0.3) is 0 Å². The van der Waals surface area contributed by atoms with Gasteiger partial charge in [0.05, 0.1) is 6.61 Å². The van der Waals surface area contributed by atoms with E-state index in [4.69, 9.17) is 4.74 Å². The lowest BCUT2D eigenvalue weighted by molar-refractivity contribution is 0.307. The fourth-order valence-electron chi connectivity index (χ4n) is 0.966. The summed E-state index contributed by atoms with van der Waals surface area (Å²) < 4.78 is 6.25. The van der Waals surface area contributed by atoms with Crippen molar-refractivity contribution in [2.24, 2.45) is 0 Å². The maximum atomic E-state index is 9.24. The average molecular weight is 245 g/mol. The van der Waals surface area contributed by atoms with Gasteiger partial charge in [-0.25, -0.2) is 0 Å². The quantitative estimate of drug-likeness (QED) is 0.824. The van der Waals surface area contributed by atoms with Gasteiger partial charge in [0.1, 0.15) is 11.5 Å². The summed E-state index contributed by atoms with van der Waals surface area (Å²) >= 11 is 3.28. The molecule has 72 valence electrons. The van der Waals surface area contributed by atoms with E-state index in [1.807, 2.05) is 6.07 Å². The maximum Gasteiger partial charge on any atom is 0.124 e. The van der Waals surface area contributed by atoms with Gasteiger partial charge in [0, 0.05) is 10.5 Å². The Balaban J connectivity index is 2.56. The Kier molecular flexibility index (Phi) is 4.09. The predicted molar refractivity (Wildman–Crippen MR) is 56.2 cm³/mol. The molecule has 1 N–H and O–H groups in total. The molecular weight excluding hydrogens is 232 g/mol. The predicted octanol–water partition coefficient (Wildman–Crippen LogP) is 3.33. The molecular formula is C10H13BrO2. The molecule has 1 rings (SSSR count). The first-order chi connectivity index (χ1) is 6.22. The van der Waals surface area contributed by atoms with Crippen molar-refractivity contribution >= 4 is 15.9 Å². The van der Waals surface area contributed by atoms with Crippen LogP contribution in [-0.2, 0) is 0 Å². The first-order valence-corrected chi connectivity index (χ1v) is 5.14. The first kappa shape index (κ1) is 10.4. The molecule has 0 saturated heterocycles. The zero-order valence-corrected chi connectivity index (χ0v) is 9.17. The summed E-state index contributed by atoms with van der Waals surface area (Å²) in [6.45, 7) is 2.81. The molecule has 0 aliphatic rings. The minimum Gasteiger partial charge on any atom is -0.508 e. The highest BCUT2D eigenvalue weighted by atomic mass is 79.9. The highest BCUT2D eigenvalue weighted by Crippen LogP contribution is 2.25. The second-order valence-electron chi connectivity index (χ2n) is 2.85. The zero-order chi connectivity index (χ0) is 9.68. The van der Waals surface area contributed by atoms with E-state index in [1.54, 1.807) is 12.1 Å². The van der Waals surface area contributed by atoms with E-state index in [9.17, 15) is 5.11 Å². The summed E-state index contributed by atoms with van der Waals surface area (Å²) in [7, 11) is 0. The van der Waals surface area contributed by atoms with Crippen molar-refractivity contribution in [3.63, 3.8) is 0 Å². The molecule has 0 aromatic heterocycles. The molecule has 0 amide bonds. The van der Waals surface area contributed by atoms with Crippen LogP contribution in [0.15, 0.2) is 22.7 Å². The first-order valence-electron chi connectivity index (χ1n) is 4.34. The van der Waals surface area contributed by atoms with Crippen LogP contribution in [0, 0.1) is 0 Å². The molecule has 0 heterocycles. The van der Waals surface area contributed by atoms with Crippen LogP contribution in [0.2, 0.25) is 0 Å². The molecule has 13 heavy (non-hydrogen) atoms. The Morgan fingerprint density at radius 2 is 2.15 bits per heavy atom. The summed E-state index contributed by atoms with van der Waals surface area (Å²) in [5.74, 6) is 0.932. The largest absolute Gasteiger partial charge is 0.508 e. The number of ether oxygens (including phenoxy) is 1. The SMILES string of the molecule is CCCCOc1cc(O)cc(Br)c1. The van der Waals surface area contributed by atoms with E-state index in [1.165, 1.54) is 0 Å². The molecule has 0 bridgehead atoms. The van der Waals surface area contributed by atoms with E-state index in [2.05, 4.69) is 22.9 Å². The molecule has 0 radical (unpaired) electrons. The molecule has 0 aliphatic carbocycles. The minimum atomic E-state index is 0.223. The van der Waals surface area contributed by atoms with Gasteiger partial charge in [0.2, 0.25) is 0 Å². The summed E-state index contributed by atoms with van der Waals surface area (Å²) in [6.07, 6.45) is 2.15. The Bertz CT molecular complexity index is 253. The molecule has 0 saturated carbocycles. The van der Waals surface area contributed by atoms with Crippen LogP contribution in [0.4, 0.5) is 0 Å². The Hall–Kier alpha value is -0.700. The standard InChI is InChI=1S/C10H13BrO2/c1-2-3-4-13-10-6-8(11)5-9(12)7-10/h5-7,12H,2-4H2,1H3.